The Hall–Kier alpha value is -2.60. The lowest BCUT2D eigenvalue weighted by atomic mass is 10.2. The van der Waals surface area contributed by atoms with Gasteiger partial charge in [0.25, 0.3) is 0 Å². The molecule has 126 valence electrons. The summed E-state index contributed by atoms with van der Waals surface area (Å²) in [6.45, 7) is 0.719. The van der Waals surface area contributed by atoms with Gasteiger partial charge in [-0.25, -0.2) is 0 Å². The van der Waals surface area contributed by atoms with Crippen LogP contribution in [0.1, 0.15) is 6.42 Å². The van der Waals surface area contributed by atoms with E-state index in [1.54, 1.807) is 25.3 Å². The van der Waals surface area contributed by atoms with E-state index in [1.807, 2.05) is 18.2 Å². The third-order valence-corrected chi connectivity index (χ3v) is 3.72. The molecule has 0 saturated heterocycles. The second-order valence-electron chi connectivity index (χ2n) is 5.14. The number of carbonyl (C=O) groups excluding carboxylic acids is 1. The number of rotatable bonds is 6. The van der Waals surface area contributed by atoms with Gasteiger partial charge in [-0.2, -0.15) is 0 Å². The topological polar surface area (TPSA) is 68.8 Å². The molecular weight excluding hydrogens is 332 g/mol. The Morgan fingerprint density at radius 2 is 2.04 bits per heavy atom. The Morgan fingerprint density at radius 3 is 2.88 bits per heavy atom. The first kappa shape index (κ1) is 16.3. The maximum absolute atomic E-state index is 12.1. The second-order valence-corrected chi connectivity index (χ2v) is 5.57. The monoisotopic (exact) mass is 348 g/mol. The molecule has 2 N–H and O–H groups in total. The van der Waals surface area contributed by atoms with Crippen molar-refractivity contribution in [2.75, 3.05) is 31.1 Å². The highest BCUT2D eigenvalue weighted by Gasteiger charge is 2.13. The van der Waals surface area contributed by atoms with E-state index in [1.165, 1.54) is 0 Å². The summed E-state index contributed by atoms with van der Waals surface area (Å²) < 4.78 is 15.8. The molecule has 0 fully saturated rings. The van der Waals surface area contributed by atoms with E-state index in [4.69, 9.17) is 25.8 Å². The average Bonchev–Trinajstić information content (AvgIpc) is 3.03. The summed E-state index contributed by atoms with van der Waals surface area (Å²) in [6, 6.07) is 10.6. The van der Waals surface area contributed by atoms with Crippen molar-refractivity contribution >= 4 is 28.9 Å². The van der Waals surface area contributed by atoms with Crippen LogP contribution in [-0.2, 0) is 4.79 Å². The summed E-state index contributed by atoms with van der Waals surface area (Å²) >= 11 is 5.95. The van der Waals surface area contributed by atoms with Crippen LogP contribution in [0, 0.1) is 0 Å². The first-order valence-corrected chi connectivity index (χ1v) is 7.80. The number of ether oxygens (including phenoxy) is 3. The van der Waals surface area contributed by atoms with E-state index in [0.717, 1.165) is 11.4 Å². The smallest absolute Gasteiger partial charge is 0.231 e. The maximum Gasteiger partial charge on any atom is 0.231 e. The molecule has 0 radical (unpaired) electrons. The number of amides is 1. The Kier molecular flexibility index (Phi) is 4.96. The molecule has 6 nitrogen and oxygen atoms in total. The fraction of sp³-hybridized carbons (Fsp3) is 0.235. The van der Waals surface area contributed by atoms with Gasteiger partial charge in [0, 0.05) is 29.7 Å². The Bertz CT molecular complexity index is 751. The van der Waals surface area contributed by atoms with E-state index >= 15 is 0 Å². The highest BCUT2D eigenvalue weighted by Crippen LogP contribution is 2.34. The van der Waals surface area contributed by atoms with Gasteiger partial charge in [0.05, 0.1) is 12.8 Å². The summed E-state index contributed by atoms with van der Waals surface area (Å²) in [5.74, 6) is 1.86. The van der Waals surface area contributed by atoms with Gasteiger partial charge in [-0.15, -0.1) is 0 Å². The highest BCUT2D eigenvalue weighted by molar-refractivity contribution is 6.31. The van der Waals surface area contributed by atoms with Gasteiger partial charge in [0.15, 0.2) is 11.5 Å². The number of methoxy groups -OCH3 is 1. The molecule has 24 heavy (non-hydrogen) atoms. The number of halogens is 1. The number of hydrogen-bond donors (Lipinski definition) is 2. The van der Waals surface area contributed by atoms with Gasteiger partial charge in [-0.3, -0.25) is 4.79 Å². The summed E-state index contributed by atoms with van der Waals surface area (Å²) in [7, 11) is 1.54. The van der Waals surface area contributed by atoms with E-state index in [9.17, 15) is 4.79 Å². The minimum absolute atomic E-state index is 0.135. The van der Waals surface area contributed by atoms with Crippen LogP contribution in [0.5, 0.6) is 17.2 Å². The zero-order chi connectivity index (χ0) is 16.9. The van der Waals surface area contributed by atoms with Crippen molar-refractivity contribution in [2.24, 2.45) is 0 Å². The zero-order valence-electron chi connectivity index (χ0n) is 13.1. The van der Waals surface area contributed by atoms with E-state index < -0.39 is 0 Å². The van der Waals surface area contributed by atoms with Crippen LogP contribution in [0.15, 0.2) is 36.4 Å². The first-order chi connectivity index (χ1) is 11.7. The predicted octanol–water partition coefficient (Wildman–Crippen LogP) is 3.52. The molecule has 0 bridgehead atoms. The van der Waals surface area contributed by atoms with Crippen molar-refractivity contribution in [3.8, 4) is 17.2 Å². The second kappa shape index (κ2) is 7.31. The van der Waals surface area contributed by atoms with Crippen LogP contribution in [-0.4, -0.2) is 26.4 Å². The zero-order valence-corrected chi connectivity index (χ0v) is 13.9. The third-order valence-electron chi connectivity index (χ3n) is 3.49. The number of fused-ring (bicyclic) bond motifs is 1. The van der Waals surface area contributed by atoms with Crippen molar-refractivity contribution in [1.29, 1.82) is 0 Å². The molecule has 2 aromatic rings. The minimum Gasteiger partial charge on any atom is -0.495 e. The summed E-state index contributed by atoms with van der Waals surface area (Å²) in [6.07, 6.45) is 0.296. The molecule has 1 aliphatic rings. The quantitative estimate of drug-likeness (QED) is 0.836. The van der Waals surface area contributed by atoms with Gasteiger partial charge in [0.2, 0.25) is 12.7 Å². The van der Waals surface area contributed by atoms with Crippen molar-refractivity contribution in [3.05, 3.63) is 41.4 Å². The molecule has 0 aliphatic carbocycles. The van der Waals surface area contributed by atoms with Crippen LogP contribution < -0.4 is 24.8 Å². The molecule has 0 unspecified atom stereocenters. The largest absolute Gasteiger partial charge is 0.495 e. The SMILES string of the molecule is COc1ccc(Cl)cc1NC(=O)CCNc1ccc2c(c1)OCO2. The van der Waals surface area contributed by atoms with Crippen LogP contribution in [0.3, 0.4) is 0 Å². The molecule has 0 atom stereocenters. The fourth-order valence-electron chi connectivity index (χ4n) is 2.32. The predicted molar refractivity (Wildman–Crippen MR) is 92.3 cm³/mol. The Labute approximate surface area is 144 Å². The fourth-order valence-corrected chi connectivity index (χ4v) is 2.49. The summed E-state index contributed by atoms with van der Waals surface area (Å²) in [5.41, 5.74) is 1.42. The molecule has 0 aromatic heterocycles. The molecule has 1 amide bonds. The van der Waals surface area contributed by atoms with Gasteiger partial charge >= 0.3 is 0 Å². The van der Waals surface area contributed by atoms with Gasteiger partial charge in [-0.05, 0) is 30.3 Å². The van der Waals surface area contributed by atoms with Crippen molar-refractivity contribution in [3.63, 3.8) is 0 Å². The number of anilines is 2. The third kappa shape index (κ3) is 3.83. The molecule has 1 heterocycles. The lowest BCUT2D eigenvalue weighted by molar-refractivity contribution is -0.116. The first-order valence-electron chi connectivity index (χ1n) is 7.42. The highest BCUT2D eigenvalue weighted by atomic mass is 35.5. The van der Waals surface area contributed by atoms with Gasteiger partial charge in [-0.1, -0.05) is 11.6 Å². The van der Waals surface area contributed by atoms with Crippen molar-refractivity contribution in [1.82, 2.24) is 0 Å². The standard InChI is InChI=1S/C17H17ClN2O4/c1-22-14-4-2-11(18)8-13(14)20-17(21)6-7-19-12-3-5-15-16(9-12)24-10-23-15/h2-5,8-9,19H,6-7,10H2,1H3,(H,20,21). The van der Waals surface area contributed by atoms with Crippen LogP contribution in [0.25, 0.3) is 0 Å². The molecular formula is C17H17ClN2O4. The summed E-state index contributed by atoms with van der Waals surface area (Å²) in [5, 5.41) is 6.51. The van der Waals surface area contributed by atoms with Crippen LogP contribution in [0.2, 0.25) is 5.02 Å². The van der Waals surface area contributed by atoms with E-state index in [2.05, 4.69) is 10.6 Å². The van der Waals surface area contributed by atoms with Crippen LogP contribution in [0.4, 0.5) is 11.4 Å². The van der Waals surface area contributed by atoms with Crippen molar-refractivity contribution in [2.45, 2.75) is 6.42 Å². The molecule has 7 heteroatoms. The van der Waals surface area contributed by atoms with Gasteiger partial charge < -0.3 is 24.8 Å². The molecule has 3 rings (SSSR count). The number of nitrogens with one attached hydrogen (secondary N) is 2. The van der Waals surface area contributed by atoms with Crippen LogP contribution >= 0.6 is 11.6 Å². The van der Waals surface area contributed by atoms with E-state index in [-0.39, 0.29) is 12.7 Å². The Morgan fingerprint density at radius 1 is 1.21 bits per heavy atom. The van der Waals surface area contributed by atoms with Crippen molar-refractivity contribution < 1.29 is 19.0 Å². The lowest BCUT2D eigenvalue weighted by Crippen LogP contribution is -2.16. The number of benzene rings is 2. The van der Waals surface area contributed by atoms with Gasteiger partial charge in [0.1, 0.15) is 5.75 Å². The molecule has 0 spiro atoms. The molecule has 2 aromatic carbocycles. The maximum atomic E-state index is 12.1. The Balaban J connectivity index is 1.52. The number of carbonyl (C=O) groups is 1. The average molecular weight is 349 g/mol. The number of hydrogen-bond acceptors (Lipinski definition) is 5. The normalized spacial score (nSPS) is 11.9. The lowest BCUT2D eigenvalue weighted by Gasteiger charge is -2.11. The van der Waals surface area contributed by atoms with E-state index in [0.29, 0.717) is 35.2 Å². The molecule has 0 saturated carbocycles. The summed E-state index contributed by atoms with van der Waals surface area (Å²) in [4.78, 5) is 12.1. The molecule has 1 aliphatic heterocycles. The minimum atomic E-state index is -0.135.